The maximum atomic E-state index is 11.8. The maximum absolute atomic E-state index is 11.8. The van der Waals surface area contributed by atoms with Gasteiger partial charge in [-0.1, -0.05) is 0 Å². The van der Waals surface area contributed by atoms with E-state index in [2.05, 4.69) is 0 Å². The zero-order valence-electron chi connectivity index (χ0n) is 10.9. The van der Waals surface area contributed by atoms with Crippen molar-refractivity contribution in [1.82, 2.24) is 0 Å². The van der Waals surface area contributed by atoms with E-state index in [0.717, 1.165) is 24.8 Å². The van der Waals surface area contributed by atoms with Crippen molar-refractivity contribution < 1.29 is 19.1 Å². The summed E-state index contributed by atoms with van der Waals surface area (Å²) in [5.74, 6) is -1.11. The lowest BCUT2D eigenvalue weighted by atomic mass is 9.88. The van der Waals surface area contributed by atoms with Crippen molar-refractivity contribution >= 4 is 11.9 Å². The molecule has 0 aromatic carbocycles. The zero-order chi connectivity index (χ0) is 13.0. The molecule has 1 aliphatic rings. The van der Waals surface area contributed by atoms with Gasteiger partial charge in [0.2, 0.25) is 0 Å². The summed E-state index contributed by atoms with van der Waals surface area (Å²) >= 11 is 0. The number of hydrogen-bond donors (Lipinski definition) is 0. The highest BCUT2D eigenvalue weighted by atomic mass is 16.6. The minimum Gasteiger partial charge on any atom is -0.459 e. The molecule has 1 rings (SSSR count). The minimum absolute atomic E-state index is 0.110. The number of carbonyl (C=O) groups is 2. The smallest absolute Gasteiger partial charge is 0.345 e. The van der Waals surface area contributed by atoms with Crippen LogP contribution >= 0.6 is 0 Å². The topological polar surface area (TPSA) is 52.6 Å². The van der Waals surface area contributed by atoms with Crippen LogP contribution in [0.15, 0.2) is 11.1 Å². The number of esters is 2. The van der Waals surface area contributed by atoms with Crippen LogP contribution < -0.4 is 0 Å². The average molecular weight is 240 g/mol. The predicted molar refractivity (Wildman–Crippen MR) is 63.3 cm³/mol. The van der Waals surface area contributed by atoms with E-state index >= 15 is 0 Å². The van der Waals surface area contributed by atoms with Gasteiger partial charge in [-0.05, 0) is 52.5 Å². The van der Waals surface area contributed by atoms with Gasteiger partial charge in [0.05, 0.1) is 12.2 Å². The molecule has 0 unspecified atom stereocenters. The molecule has 0 aromatic heterocycles. The van der Waals surface area contributed by atoms with Gasteiger partial charge < -0.3 is 9.47 Å². The second kappa shape index (κ2) is 5.84. The number of hydrogen-bond acceptors (Lipinski definition) is 4. The molecule has 0 heterocycles. The lowest BCUT2D eigenvalue weighted by molar-refractivity contribution is -0.151. The second-order valence-corrected chi connectivity index (χ2v) is 4.74. The fraction of sp³-hybridized carbons (Fsp3) is 0.692. The van der Waals surface area contributed by atoms with E-state index in [9.17, 15) is 9.59 Å². The van der Waals surface area contributed by atoms with Crippen molar-refractivity contribution in [2.45, 2.75) is 59.2 Å². The summed E-state index contributed by atoms with van der Waals surface area (Å²) in [6.45, 7) is 7.03. The van der Waals surface area contributed by atoms with Crippen molar-refractivity contribution in [3.8, 4) is 0 Å². The highest BCUT2D eigenvalue weighted by Gasteiger charge is 2.29. The Kier molecular flexibility index (Phi) is 4.73. The van der Waals surface area contributed by atoms with Crippen LogP contribution in [0.1, 0.15) is 47.0 Å². The lowest BCUT2D eigenvalue weighted by Crippen LogP contribution is -2.26. The molecule has 0 aliphatic heterocycles. The first kappa shape index (κ1) is 13.7. The Morgan fingerprint density at radius 3 is 1.59 bits per heavy atom. The summed E-state index contributed by atoms with van der Waals surface area (Å²) in [7, 11) is 0. The maximum Gasteiger partial charge on any atom is 0.345 e. The molecule has 96 valence electrons. The summed E-state index contributed by atoms with van der Waals surface area (Å²) < 4.78 is 10.1. The van der Waals surface area contributed by atoms with Gasteiger partial charge in [-0.25, -0.2) is 9.59 Å². The Hall–Kier alpha value is -1.32. The predicted octanol–water partition coefficient (Wildman–Crippen LogP) is 2.37. The molecule has 0 bridgehead atoms. The highest BCUT2D eigenvalue weighted by Crippen LogP contribution is 2.30. The normalized spacial score (nSPS) is 14.6. The first-order valence-corrected chi connectivity index (χ1v) is 6.05. The molecule has 1 saturated carbocycles. The van der Waals surface area contributed by atoms with Gasteiger partial charge in [-0.2, -0.15) is 0 Å². The lowest BCUT2D eigenvalue weighted by Gasteiger charge is -2.21. The van der Waals surface area contributed by atoms with Gasteiger partial charge in [0.1, 0.15) is 5.57 Å². The van der Waals surface area contributed by atoms with Crippen LogP contribution in [0.5, 0.6) is 0 Å². The summed E-state index contributed by atoms with van der Waals surface area (Å²) in [6.07, 6.45) is 2.13. The number of carbonyl (C=O) groups excluding carboxylic acids is 2. The molecule has 0 spiro atoms. The van der Waals surface area contributed by atoms with E-state index in [0.29, 0.717) is 0 Å². The minimum atomic E-state index is -0.555. The Bertz CT molecular complexity index is 309. The summed E-state index contributed by atoms with van der Waals surface area (Å²) in [5.41, 5.74) is 0.972. The summed E-state index contributed by atoms with van der Waals surface area (Å²) in [4.78, 5) is 23.7. The largest absolute Gasteiger partial charge is 0.459 e. The van der Waals surface area contributed by atoms with E-state index in [4.69, 9.17) is 9.47 Å². The molecule has 0 amide bonds. The third-order valence-electron chi connectivity index (χ3n) is 2.40. The van der Waals surface area contributed by atoms with E-state index < -0.39 is 11.9 Å². The Balaban J connectivity index is 2.82. The third kappa shape index (κ3) is 3.88. The van der Waals surface area contributed by atoms with E-state index in [1.807, 2.05) is 0 Å². The molecule has 0 saturated heterocycles. The quantitative estimate of drug-likeness (QED) is 0.327. The number of rotatable bonds is 4. The number of allylic oxidation sites excluding steroid dienone is 1. The fourth-order valence-corrected chi connectivity index (χ4v) is 1.52. The molecule has 1 fully saturated rings. The van der Waals surface area contributed by atoms with Crippen LogP contribution in [0.2, 0.25) is 0 Å². The van der Waals surface area contributed by atoms with Crippen LogP contribution in [0.4, 0.5) is 0 Å². The van der Waals surface area contributed by atoms with Gasteiger partial charge in [-0.3, -0.25) is 0 Å². The SMILES string of the molecule is CC(C)OC(=O)C(C(=O)OC(C)C)=C1CCC1. The third-order valence-corrected chi connectivity index (χ3v) is 2.40. The number of ether oxygens (including phenoxy) is 2. The molecule has 4 heteroatoms. The van der Waals surface area contributed by atoms with Crippen LogP contribution in [-0.2, 0) is 19.1 Å². The Labute approximate surface area is 102 Å². The van der Waals surface area contributed by atoms with Crippen LogP contribution in [0.25, 0.3) is 0 Å². The van der Waals surface area contributed by atoms with Crippen molar-refractivity contribution in [3.63, 3.8) is 0 Å². The van der Waals surface area contributed by atoms with E-state index in [1.165, 1.54) is 0 Å². The molecule has 17 heavy (non-hydrogen) atoms. The average Bonchev–Trinajstić information content (AvgIpc) is 2.07. The van der Waals surface area contributed by atoms with Gasteiger partial charge in [0.25, 0.3) is 0 Å². The molecule has 0 atom stereocenters. The monoisotopic (exact) mass is 240 g/mol. The zero-order valence-corrected chi connectivity index (χ0v) is 10.9. The van der Waals surface area contributed by atoms with Gasteiger partial charge in [-0.15, -0.1) is 0 Å². The van der Waals surface area contributed by atoms with Crippen LogP contribution in [0.3, 0.4) is 0 Å². The van der Waals surface area contributed by atoms with Crippen LogP contribution in [-0.4, -0.2) is 24.1 Å². The van der Waals surface area contributed by atoms with Crippen LogP contribution in [0, 0.1) is 0 Å². The standard InChI is InChI=1S/C13H20O4/c1-8(2)16-12(14)11(10-6-5-7-10)13(15)17-9(3)4/h8-9H,5-7H2,1-4H3. The molecular formula is C13H20O4. The molecule has 4 nitrogen and oxygen atoms in total. The second-order valence-electron chi connectivity index (χ2n) is 4.74. The Morgan fingerprint density at radius 1 is 0.941 bits per heavy atom. The van der Waals surface area contributed by atoms with E-state index in [1.54, 1.807) is 27.7 Å². The van der Waals surface area contributed by atoms with Crippen molar-refractivity contribution in [1.29, 1.82) is 0 Å². The molecule has 0 N–H and O–H groups in total. The van der Waals surface area contributed by atoms with Gasteiger partial charge in [0.15, 0.2) is 0 Å². The van der Waals surface area contributed by atoms with Gasteiger partial charge in [0, 0.05) is 0 Å². The van der Waals surface area contributed by atoms with Gasteiger partial charge >= 0.3 is 11.9 Å². The van der Waals surface area contributed by atoms with Crippen molar-refractivity contribution in [2.24, 2.45) is 0 Å². The van der Waals surface area contributed by atoms with Crippen molar-refractivity contribution in [3.05, 3.63) is 11.1 Å². The summed E-state index contributed by atoms with van der Waals surface area (Å²) in [5, 5.41) is 0. The Morgan fingerprint density at radius 2 is 1.35 bits per heavy atom. The highest BCUT2D eigenvalue weighted by molar-refractivity contribution is 6.15. The summed E-state index contributed by atoms with van der Waals surface area (Å²) in [6, 6.07) is 0. The molecule has 0 aromatic rings. The molecule has 0 radical (unpaired) electrons. The fourth-order valence-electron chi connectivity index (χ4n) is 1.52. The van der Waals surface area contributed by atoms with E-state index in [-0.39, 0.29) is 17.8 Å². The molecule has 1 aliphatic carbocycles. The van der Waals surface area contributed by atoms with Crippen molar-refractivity contribution in [2.75, 3.05) is 0 Å². The first-order chi connectivity index (χ1) is 7.91. The first-order valence-electron chi connectivity index (χ1n) is 6.05. The molecular weight excluding hydrogens is 220 g/mol.